The third kappa shape index (κ3) is 5.62. The first-order valence-electron chi connectivity index (χ1n) is 7.73. The highest BCUT2D eigenvalue weighted by molar-refractivity contribution is 7.99. The Kier molecular flexibility index (Phi) is 8.24. The maximum Gasteiger partial charge on any atom is 0.209 e. The smallest absolute Gasteiger partial charge is 0.209 e. The fourth-order valence-electron chi connectivity index (χ4n) is 2.22. The van der Waals surface area contributed by atoms with Gasteiger partial charge in [0.1, 0.15) is 11.5 Å². The number of rotatable bonds is 8. The van der Waals surface area contributed by atoms with E-state index in [0.29, 0.717) is 16.6 Å². The lowest BCUT2D eigenvalue weighted by molar-refractivity contribution is -0.00000566. The van der Waals surface area contributed by atoms with Crippen LogP contribution in [0.1, 0.15) is 12.2 Å². The molecule has 0 saturated heterocycles. The van der Waals surface area contributed by atoms with Crippen LogP contribution in [-0.2, 0) is 13.6 Å². The van der Waals surface area contributed by atoms with E-state index in [4.69, 9.17) is 27.6 Å². The van der Waals surface area contributed by atoms with Crippen LogP contribution < -0.4 is 17.7 Å². The summed E-state index contributed by atoms with van der Waals surface area (Å²) in [6.07, 6.45) is 1.01. The number of tetrazole rings is 1. The zero-order valence-corrected chi connectivity index (χ0v) is 17.0. The van der Waals surface area contributed by atoms with Crippen LogP contribution in [0.2, 0.25) is 10.0 Å². The molecule has 26 heavy (non-hydrogen) atoms. The quantitative estimate of drug-likeness (QED) is 0.423. The molecular weight excluding hydrogens is 417 g/mol. The van der Waals surface area contributed by atoms with Crippen molar-refractivity contribution in [1.29, 1.82) is 0 Å². The van der Waals surface area contributed by atoms with Gasteiger partial charge < -0.3 is 22.1 Å². The van der Waals surface area contributed by atoms with Gasteiger partial charge in [0.2, 0.25) is 5.16 Å². The van der Waals surface area contributed by atoms with E-state index in [0.717, 1.165) is 41.0 Å². The number of benzene rings is 1. The molecule has 1 aromatic carbocycles. The van der Waals surface area contributed by atoms with E-state index >= 15 is 0 Å². The predicted octanol–water partition coefficient (Wildman–Crippen LogP) is 1.05. The lowest BCUT2D eigenvalue weighted by Crippen LogP contribution is -3.00. The van der Waals surface area contributed by atoms with Crippen LogP contribution in [0.15, 0.2) is 39.9 Å². The molecule has 6 nitrogen and oxygen atoms in total. The molecule has 0 aliphatic rings. The predicted molar refractivity (Wildman–Crippen MR) is 100 cm³/mol. The Morgan fingerprint density at radius 1 is 1.23 bits per heavy atom. The van der Waals surface area contributed by atoms with E-state index in [1.54, 1.807) is 34.6 Å². The fraction of sp³-hybridized carbons (Fsp3) is 0.312. The Morgan fingerprint density at radius 3 is 2.85 bits per heavy atom. The molecule has 0 radical (unpaired) electrons. The third-order valence-corrected chi connectivity index (χ3v) is 5.13. The molecule has 0 atom stereocenters. The van der Waals surface area contributed by atoms with E-state index in [2.05, 4.69) is 20.8 Å². The van der Waals surface area contributed by atoms with Gasteiger partial charge in [-0.25, -0.2) is 4.68 Å². The molecule has 0 amide bonds. The van der Waals surface area contributed by atoms with Crippen LogP contribution in [0.4, 0.5) is 0 Å². The monoisotopic (exact) mass is 432 g/mol. The number of nitrogens with zero attached hydrogens (tertiary/aromatic N) is 4. The SMILES string of the molecule is Cn1nnnc1SCCCNCc1ccc(-c2cc(Cl)ccc2Cl)o1.[Cl-]. The highest BCUT2D eigenvalue weighted by atomic mass is 35.5. The van der Waals surface area contributed by atoms with E-state index in [9.17, 15) is 0 Å². The second-order valence-corrected chi connectivity index (χ2v) is 7.26. The lowest BCUT2D eigenvalue weighted by atomic mass is 10.2. The molecular formula is C16H17Cl3N5OS-. The van der Waals surface area contributed by atoms with Gasteiger partial charge in [-0.1, -0.05) is 35.0 Å². The summed E-state index contributed by atoms with van der Waals surface area (Å²) >= 11 is 13.9. The van der Waals surface area contributed by atoms with Crippen molar-refractivity contribution in [3.05, 3.63) is 46.1 Å². The summed E-state index contributed by atoms with van der Waals surface area (Å²) in [5.41, 5.74) is 0.800. The Bertz CT molecular complexity index is 839. The average molecular weight is 434 g/mol. The maximum atomic E-state index is 6.20. The Morgan fingerprint density at radius 2 is 2.08 bits per heavy atom. The molecule has 0 bridgehead atoms. The number of furan rings is 1. The summed E-state index contributed by atoms with van der Waals surface area (Å²) in [5, 5.41) is 16.8. The first-order valence-corrected chi connectivity index (χ1v) is 9.47. The largest absolute Gasteiger partial charge is 1.00 e. The van der Waals surface area contributed by atoms with Gasteiger partial charge in [0, 0.05) is 23.4 Å². The van der Waals surface area contributed by atoms with Crippen LogP contribution >= 0.6 is 35.0 Å². The van der Waals surface area contributed by atoms with Crippen molar-refractivity contribution >= 4 is 35.0 Å². The van der Waals surface area contributed by atoms with Crippen LogP contribution in [0.25, 0.3) is 11.3 Å². The van der Waals surface area contributed by atoms with E-state index in [-0.39, 0.29) is 12.4 Å². The number of hydrogen-bond donors (Lipinski definition) is 1. The number of aryl methyl sites for hydroxylation is 1. The van der Waals surface area contributed by atoms with Gasteiger partial charge in [-0.15, -0.1) is 5.10 Å². The van der Waals surface area contributed by atoms with Gasteiger partial charge in [0.25, 0.3) is 0 Å². The van der Waals surface area contributed by atoms with Crippen molar-refractivity contribution in [3.8, 4) is 11.3 Å². The molecule has 0 aliphatic carbocycles. The molecule has 1 N–H and O–H groups in total. The first kappa shape index (κ1) is 21.1. The molecule has 0 spiro atoms. The molecule has 0 saturated carbocycles. The zero-order valence-electron chi connectivity index (χ0n) is 14.0. The van der Waals surface area contributed by atoms with Crippen molar-refractivity contribution < 1.29 is 16.8 Å². The molecule has 10 heteroatoms. The first-order chi connectivity index (χ1) is 12.1. The van der Waals surface area contributed by atoms with Crippen LogP contribution in [0.5, 0.6) is 0 Å². The topological polar surface area (TPSA) is 68.8 Å². The highest BCUT2D eigenvalue weighted by Crippen LogP contribution is 2.31. The number of aromatic nitrogens is 4. The number of hydrogen-bond acceptors (Lipinski definition) is 6. The van der Waals surface area contributed by atoms with Crippen LogP contribution in [0, 0.1) is 0 Å². The minimum absolute atomic E-state index is 0. The van der Waals surface area contributed by atoms with Crippen molar-refractivity contribution in [2.45, 2.75) is 18.1 Å². The molecule has 0 aliphatic heterocycles. The molecule has 3 rings (SSSR count). The van der Waals surface area contributed by atoms with Gasteiger partial charge >= 0.3 is 0 Å². The van der Waals surface area contributed by atoms with Gasteiger partial charge in [-0.3, -0.25) is 0 Å². The van der Waals surface area contributed by atoms with Crippen LogP contribution in [0.3, 0.4) is 0 Å². The molecule has 2 heterocycles. The summed E-state index contributed by atoms with van der Waals surface area (Å²) in [7, 11) is 1.83. The van der Waals surface area contributed by atoms with Crippen molar-refractivity contribution in [2.75, 3.05) is 12.3 Å². The van der Waals surface area contributed by atoms with Crippen molar-refractivity contribution in [1.82, 2.24) is 25.5 Å². The van der Waals surface area contributed by atoms with E-state index in [1.165, 1.54) is 0 Å². The standard InChI is InChI=1S/C16H17Cl2N5OS.ClH/c1-23-16(20-21-22-23)25-8-2-7-19-10-12-4-6-15(24-12)13-9-11(17)3-5-14(13)18;/h3-6,9,19H,2,7-8,10H2,1H3;1H/p-1. The summed E-state index contributed by atoms with van der Waals surface area (Å²) in [6, 6.07) is 9.18. The second kappa shape index (κ2) is 10.2. The highest BCUT2D eigenvalue weighted by Gasteiger charge is 2.09. The van der Waals surface area contributed by atoms with Crippen molar-refractivity contribution in [2.24, 2.45) is 7.05 Å². The average Bonchev–Trinajstić information content (AvgIpc) is 3.22. The van der Waals surface area contributed by atoms with Gasteiger partial charge in [0.15, 0.2) is 0 Å². The van der Waals surface area contributed by atoms with E-state index < -0.39 is 0 Å². The lowest BCUT2D eigenvalue weighted by Gasteiger charge is -2.03. The summed E-state index contributed by atoms with van der Waals surface area (Å²) in [4.78, 5) is 0. The normalized spacial score (nSPS) is 10.7. The number of nitrogens with one attached hydrogen (secondary N) is 1. The number of thioether (sulfide) groups is 1. The second-order valence-electron chi connectivity index (χ2n) is 5.35. The third-order valence-electron chi connectivity index (χ3n) is 3.47. The maximum absolute atomic E-state index is 6.20. The van der Waals surface area contributed by atoms with Gasteiger partial charge in [-0.2, -0.15) is 0 Å². The Labute approximate surface area is 172 Å². The van der Waals surface area contributed by atoms with Crippen LogP contribution in [-0.4, -0.2) is 32.5 Å². The summed E-state index contributed by atoms with van der Waals surface area (Å²) in [6.45, 7) is 1.54. The Balaban J connectivity index is 0.00000243. The molecule has 2 aromatic heterocycles. The summed E-state index contributed by atoms with van der Waals surface area (Å²) in [5.74, 6) is 2.52. The van der Waals surface area contributed by atoms with Crippen molar-refractivity contribution in [3.63, 3.8) is 0 Å². The minimum Gasteiger partial charge on any atom is -1.00 e. The molecule has 0 fully saturated rings. The fourth-order valence-corrected chi connectivity index (χ4v) is 3.39. The van der Waals surface area contributed by atoms with E-state index in [1.807, 2.05) is 19.2 Å². The summed E-state index contributed by atoms with van der Waals surface area (Å²) < 4.78 is 7.52. The van der Waals surface area contributed by atoms with Gasteiger partial charge in [0.05, 0.1) is 11.6 Å². The minimum atomic E-state index is 0. The molecule has 0 unspecified atom stereocenters. The molecule has 3 aromatic rings. The van der Waals surface area contributed by atoms with Gasteiger partial charge in [-0.05, 0) is 53.7 Å². The molecule has 140 valence electrons. The Hall–Kier alpha value is -1.25. The zero-order chi connectivity index (χ0) is 17.6. The number of halogens is 3.